The summed E-state index contributed by atoms with van der Waals surface area (Å²) in [5, 5.41) is 1.95. The number of rotatable bonds is 4. The van der Waals surface area contributed by atoms with Gasteiger partial charge in [0.25, 0.3) is 5.91 Å². The van der Waals surface area contributed by atoms with Gasteiger partial charge >= 0.3 is 0 Å². The first kappa shape index (κ1) is 17.6. The van der Waals surface area contributed by atoms with Gasteiger partial charge < -0.3 is 4.90 Å². The van der Waals surface area contributed by atoms with Crippen LogP contribution in [0.25, 0.3) is 0 Å². The molecule has 4 rings (SSSR count). The van der Waals surface area contributed by atoms with Crippen molar-refractivity contribution in [2.24, 2.45) is 0 Å². The molecule has 2 aromatic rings. The number of halogens is 1. The first-order valence-electron chi connectivity index (χ1n) is 8.59. The summed E-state index contributed by atoms with van der Waals surface area (Å²) in [6, 6.07) is 7.05. The van der Waals surface area contributed by atoms with Crippen molar-refractivity contribution < 1.29 is 17.6 Å². The van der Waals surface area contributed by atoms with E-state index in [0.29, 0.717) is 19.0 Å². The molecule has 1 aromatic carbocycles. The van der Waals surface area contributed by atoms with Crippen LogP contribution in [0.1, 0.15) is 34.0 Å². The molecule has 0 N–H and O–H groups in total. The predicted octanol–water partition coefficient (Wildman–Crippen LogP) is 2.91. The first-order valence-corrected chi connectivity index (χ1v) is 10.9. The number of carbonyl (C=O) groups excluding carboxylic acids is 1. The number of carbonyl (C=O) groups is 1. The summed E-state index contributed by atoms with van der Waals surface area (Å²) in [5.74, 6) is -0.0789. The SMILES string of the molecule is O=C(c1sccc1C1CC1)N1CCN(S(=O)(=O)c2cccc(F)c2)CC1. The molecule has 0 atom stereocenters. The van der Waals surface area contributed by atoms with E-state index in [1.54, 1.807) is 4.90 Å². The minimum atomic E-state index is -3.74. The highest BCUT2D eigenvalue weighted by Gasteiger charge is 2.34. The molecule has 8 heteroatoms. The van der Waals surface area contributed by atoms with Gasteiger partial charge in [0.15, 0.2) is 0 Å². The lowest BCUT2D eigenvalue weighted by molar-refractivity contribution is 0.0701. The average Bonchev–Trinajstić information content (AvgIpc) is 3.38. The van der Waals surface area contributed by atoms with E-state index in [0.717, 1.165) is 29.3 Å². The molecule has 0 radical (unpaired) electrons. The predicted molar refractivity (Wildman–Crippen MR) is 97.4 cm³/mol. The molecular weight excluding hydrogens is 375 g/mol. The molecule has 1 saturated carbocycles. The zero-order chi connectivity index (χ0) is 18.3. The van der Waals surface area contributed by atoms with E-state index in [4.69, 9.17) is 0 Å². The normalized spacial score (nSPS) is 18.9. The van der Waals surface area contributed by atoms with Crippen LogP contribution in [0.5, 0.6) is 0 Å². The van der Waals surface area contributed by atoms with Crippen molar-refractivity contribution in [1.82, 2.24) is 9.21 Å². The maximum absolute atomic E-state index is 13.4. The molecule has 1 amide bonds. The van der Waals surface area contributed by atoms with Gasteiger partial charge in [-0.2, -0.15) is 4.31 Å². The van der Waals surface area contributed by atoms with Crippen LogP contribution in [0.3, 0.4) is 0 Å². The van der Waals surface area contributed by atoms with Gasteiger partial charge in [-0.3, -0.25) is 4.79 Å². The third kappa shape index (κ3) is 3.28. The molecule has 1 aliphatic carbocycles. The monoisotopic (exact) mass is 394 g/mol. The Balaban J connectivity index is 1.45. The fourth-order valence-corrected chi connectivity index (χ4v) is 5.67. The number of thiophene rings is 1. The molecule has 26 heavy (non-hydrogen) atoms. The van der Waals surface area contributed by atoms with Crippen LogP contribution in [0.2, 0.25) is 0 Å². The quantitative estimate of drug-likeness (QED) is 0.801. The van der Waals surface area contributed by atoms with Gasteiger partial charge in [0.05, 0.1) is 9.77 Å². The number of nitrogens with zero attached hydrogens (tertiary/aromatic N) is 2. The van der Waals surface area contributed by atoms with Crippen LogP contribution in [0.4, 0.5) is 4.39 Å². The van der Waals surface area contributed by atoms with Gasteiger partial charge in [-0.05, 0) is 54.0 Å². The number of amides is 1. The van der Waals surface area contributed by atoms with E-state index >= 15 is 0 Å². The summed E-state index contributed by atoms with van der Waals surface area (Å²) in [5.41, 5.74) is 1.13. The largest absolute Gasteiger partial charge is 0.335 e. The molecule has 0 spiro atoms. The number of piperazine rings is 1. The Morgan fingerprint density at radius 1 is 1.12 bits per heavy atom. The van der Waals surface area contributed by atoms with Gasteiger partial charge in [0.1, 0.15) is 5.82 Å². The number of hydrogen-bond donors (Lipinski definition) is 0. The molecule has 2 fully saturated rings. The smallest absolute Gasteiger partial charge is 0.264 e. The molecule has 1 aromatic heterocycles. The molecule has 138 valence electrons. The van der Waals surface area contributed by atoms with Crippen LogP contribution in [-0.2, 0) is 10.0 Å². The summed E-state index contributed by atoms with van der Waals surface area (Å²) in [4.78, 5) is 15.3. The fourth-order valence-electron chi connectivity index (χ4n) is 3.26. The summed E-state index contributed by atoms with van der Waals surface area (Å²) in [6.07, 6.45) is 2.27. The molecular formula is C18H19FN2O3S2. The standard InChI is InChI=1S/C18H19FN2O3S2/c19-14-2-1-3-15(12-14)26(23,24)21-9-7-20(8-10-21)18(22)17-16(6-11-25-17)13-4-5-13/h1-3,6,11-13H,4-5,7-10H2. The van der Waals surface area contributed by atoms with Gasteiger partial charge in [-0.15, -0.1) is 11.3 Å². The Hall–Kier alpha value is -1.77. The van der Waals surface area contributed by atoms with Crippen LogP contribution in [0.15, 0.2) is 40.6 Å². The Labute approximate surface area is 156 Å². The third-order valence-electron chi connectivity index (χ3n) is 4.87. The number of sulfonamides is 1. The van der Waals surface area contributed by atoms with Crippen LogP contribution >= 0.6 is 11.3 Å². The number of hydrogen-bond acceptors (Lipinski definition) is 4. The molecule has 1 aliphatic heterocycles. The minimum Gasteiger partial charge on any atom is -0.335 e. The lowest BCUT2D eigenvalue weighted by Crippen LogP contribution is -2.50. The molecule has 2 aliphatic rings. The van der Waals surface area contributed by atoms with Crippen molar-refractivity contribution in [3.05, 3.63) is 52.0 Å². The molecule has 0 bridgehead atoms. The lowest BCUT2D eigenvalue weighted by atomic mass is 10.1. The van der Waals surface area contributed by atoms with E-state index in [-0.39, 0.29) is 23.9 Å². The van der Waals surface area contributed by atoms with E-state index < -0.39 is 15.8 Å². The number of benzene rings is 1. The van der Waals surface area contributed by atoms with E-state index in [9.17, 15) is 17.6 Å². The fraction of sp³-hybridized carbons (Fsp3) is 0.389. The summed E-state index contributed by atoms with van der Waals surface area (Å²) in [6.45, 7) is 1.12. The second-order valence-electron chi connectivity index (χ2n) is 6.63. The van der Waals surface area contributed by atoms with Crippen LogP contribution in [-0.4, -0.2) is 49.7 Å². The highest BCUT2D eigenvalue weighted by molar-refractivity contribution is 7.89. The maximum atomic E-state index is 13.4. The minimum absolute atomic E-state index is 0.00953. The van der Waals surface area contributed by atoms with E-state index in [1.165, 1.54) is 33.8 Å². The summed E-state index contributed by atoms with van der Waals surface area (Å²) in [7, 11) is -3.74. The van der Waals surface area contributed by atoms with Gasteiger partial charge in [-0.25, -0.2) is 12.8 Å². The average molecular weight is 394 g/mol. The Kier molecular flexibility index (Phi) is 4.58. The van der Waals surface area contributed by atoms with Gasteiger partial charge in [0.2, 0.25) is 10.0 Å². The Morgan fingerprint density at radius 3 is 2.50 bits per heavy atom. The maximum Gasteiger partial charge on any atom is 0.264 e. The van der Waals surface area contributed by atoms with Crippen molar-refractivity contribution in [3.8, 4) is 0 Å². The first-order chi connectivity index (χ1) is 12.5. The van der Waals surface area contributed by atoms with Crippen LogP contribution in [0, 0.1) is 5.82 Å². The highest BCUT2D eigenvalue weighted by Crippen LogP contribution is 2.43. The topological polar surface area (TPSA) is 57.7 Å². The summed E-state index contributed by atoms with van der Waals surface area (Å²) < 4.78 is 40.0. The molecule has 0 unspecified atom stereocenters. The van der Waals surface area contributed by atoms with Gasteiger partial charge in [0, 0.05) is 26.2 Å². The van der Waals surface area contributed by atoms with E-state index in [1.807, 2.05) is 11.4 Å². The van der Waals surface area contributed by atoms with E-state index in [2.05, 4.69) is 0 Å². The second kappa shape index (κ2) is 6.75. The molecule has 1 saturated heterocycles. The van der Waals surface area contributed by atoms with Crippen molar-refractivity contribution in [2.45, 2.75) is 23.7 Å². The summed E-state index contributed by atoms with van der Waals surface area (Å²) >= 11 is 1.46. The third-order valence-corrected chi connectivity index (χ3v) is 7.68. The second-order valence-corrected chi connectivity index (χ2v) is 9.49. The van der Waals surface area contributed by atoms with Crippen LogP contribution < -0.4 is 0 Å². The van der Waals surface area contributed by atoms with Crippen molar-refractivity contribution in [3.63, 3.8) is 0 Å². The van der Waals surface area contributed by atoms with Crippen molar-refractivity contribution >= 4 is 27.3 Å². The zero-order valence-corrected chi connectivity index (χ0v) is 15.7. The Bertz CT molecular complexity index is 929. The zero-order valence-electron chi connectivity index (χ0n) is 14.1. The highest BCUT2D eigenvalue weighted by atomic mass is 32.2. The Morgan fingerprint density at radius 2 is 1.85 bits per heavy atom. The molecule has 2 heterocycles. The van der Waals surface area contributed by atoms with Gasteiger partial charge in [-0.1, -0.05) is 6.07 Å². The van der Waals surface area contributed by atoms with Crippen molar-refractivity contribution in [2.75, 3.05) is 26.2 Å². The lowest BCUT2D eigenvalue weighted by Gasteiger charge is -2.34. The molecule has 5 nitrogen and oxygen atoms in total. The van der Waals surface area contributed by atoms with Crippen molar-refractivity contribution in [1.29, 1.82) is 0 Å².